The standard InChI is InChI=1S/C29H44O4/c1-9-32-26(30)25(27(31)33-21(3)23-11-10-16-29(7,8)19-23)18-20(2)17-22-12-14-24(15-13-22)28(4,5)6/h12-15,18,20-21,23H,9-11,16-17,19H2,1-8H3/b25-18+. The third kappa shape index (κ3) is 8.32. The van der Waals surface area contributed by atoms with E-state index in [9.17, 15) is 9.59 Å². The van der Waals surface area contributed by atoms with Crippen LogP contribution in [0, 0.1) is 17.3 Å². The van der Waals surface area contributed by atoms with Gasteiger partial charge in [-0.05, 0) is 73.3 Å². The number of allylic oxidation sites excluding steroid dienone is 1. The Labute approximate surface area is 201 Å². The second kappa shape index (κ2) is 11.4. The minimum absolute atomic E-state index is 0.0116. The fourth-order valence-corrected chi connectivity index (χ4v) is 4.77. The molecule has 0 bridgehead atoms. The summed E-state index contributed by atoms with van der Waals surface area (Å²) >= 11 is 0. The first-order valence-corrected chi connectivity index (χ1v) is 12.5. The molecule has 0 heterocycles. The number of rotatable bonds is 8. The highest BCUT2D eigenvalue weighted by molar-refractivity contribution is 6.14. The molecular weight excluding hydrogens is 412 g/mol. The maximum absolute atomic E-state index is 13.0. The van der Waals surface area contributed by atoms with Gasteiger partial charge in [-0.25, -0.2) is 9.59 Å². The Morgan fingerprint density at radius 3 is 2.30 bits per heavy atom. The maximum atomic E-state index is 13.0. The average Bonchev–Trinajstić information content (AvgIpc) is 2.71. The van der Waals surface area contributed by atoms with Crippen LogP contribution in [-0.4, -0.2) is 24.6 Å². The lowest BCUT2D eigenvalue weighted by Crippen LogP contribution is -2.33. The van der Waals surface area contributed by atoms with Gasteiger partial charge in [-0.1, -0.05) is 78.3 Å². The Hall–Kier alpha value is -2.10. The molecule has 1 saturated carbocycles. The molecule has 0 saturated heterocycles. The highest BCUT2D eigenvalue weighted by Crippen LogP contribution is 2.40. The summed E-state index contributed by atoms with van der Waals surface area (Å²) in [6.07, 6.45) is 6.65. The van der Waals surface area contributed by atoms with Gasteiger partial charge >= 0.3 is 11.9 Å². The van der Waals surface area contributed by atoms with Crippen LogP contribution in [0.25, 0.3) is 0 Å². The van der Waals surface area contributed by atoms with Crippen molar-refractivity contribution in [3.05, 3.63) is 47.0 Å². The van der Waals surface area contributed by atoms with Crippen molar-refractivity contribution in [3.8, 4) is 0 Å². The number of carbonyl (C=O) groups is 2. The second-order valence-electron chi connectivity index (χ2n) is 11.6. The average molecular weight is 457 g/mol. The Balaban J connectivity index is 2.12. The first kappa shape index (κ1) is 27.1. The summed E-state index contributed by atoms with van der Waals surface area (Å²) in [6.45, 7) is 17.1. The lowest BCUT2D eigenvalue weighted by atomic mass is 9.71. The molecule has 1 aliphatic rings. The summed E-state index contributed by atoms with van der Waals surface area (Å²) < 4.78 is 11.0. The fourth-order valence-electron chi connectivity index (χ4n) is 4.77. The maximum Gasteiger partial charge on any atom is 0.345 e. The molecule has 2 rings (SSSR count). The van der Waals surface area contributed by atoms with Gasteiger partial charge < -0.3 is 9.47 Å². The third-order valence-electron chi connectivity index (χ3n) is 6.74. The van der Waals surface area contributed by atoms with Crippen LogP contribution in [0.15, 0.2) is 35.9 Å². The van der Waals surface area contributed by atoms with Crippen molar-refractivity contribution in [2.24, 2.45) is 17.3 Å². The molecule has 33 heavy (non-hydrogen) atoms. The molecule has 0 spiro atoms. The molecule has 0 aromatic heterocycles. The van der Waals surface area contributed by atoms with Gasteiger partial charge in [-0.3, -0.25) is 0 Å². The molecule has 184 valence electrons. The predicted octanol–water partition coefficient (Wildman–Crippen LogP) is 6.80. The molecule has 1 aromatic carbocycles. The van der Waals surface area contributed by atoms with Crippen LogP contribution in [0.4, 0.5) is 0 Å². The monoisotopic (exact) mass is 456 g/mol. The topological polar surface area (TPSA) is 52.6 Å². The zero-order valence-corrected chi connectivity index (χ0v) is 22.0. The van der Waals surface area contributed by atoms with Gasteiger partial charge in [0.05, 0.1) is 6.61 Å². The molecular formula is C29H44O4. The molecule has 1 aromatic rings. The SMILES string of the molecule is CCOC(=O)/C(=C\C(C)Cc1ccc(C(C)(C)C)cc1)C(=O)OC(C)C1CCCC(C)(C)C1. The van der Waals surface area contributed by atoms with Crippen molar-refractivity contribution in [1.82, 2.24) is 0 Å². The molecule has 0 amide bonds. The Kier molecular flexibility index (Phi) is 9.34. The van der Waals surface area contributed by atoms with E-state index in [-0.39, 0.29) is 35.0 Å². The zero-order chi connectivity index (χ0) is 24.8. The van der Waals surface area contributed by atoms with E-state index in [1.54, 1.807) is 13.0 Å². The smallest absolute Gasteiger partial charge is 0.345 e. The Bertz CT molecular complexity index is 826. The second-order valence-corrected chi connectivity index (χ2v) is 11.6. The van der Waals surface area contributed by atoms with Crippen LogP contribution in [0.3, 0.4) is 0 Å². The first-order valence-electron chi connectivity index (χ1n) is 12.5. The van der Waals surface area contributed by atoms with E-state index in [4.69, 9.17) is 9.47 Å². The summed E-state index contributed by atoms with van der Waals surface area (Å²) in [5.74, 6) is -0.867. The summed E-state index contributed by atoms with van der Waals surface area (Å²) in [4.78, 5) is 25.6. The lowest BCUT2D eigenvalue weighted by Gasteiger charge is -2.37. The van der Waals surface area contributed by atoms with Crippen LogP contribution in [0.1, 0.15) is 92.2 Å². The van der Waals surface area contributed by atoms with Crippen LogP contribution in [-0.2, 0) is 30.9 Å². The number of hydrogen-bond acceptors (Lipinski definition) is 4. The van der Waals surface area contributed by atoms with Crippen molar-refractivity contribution in [2.45, 2.75) is 99.0 Å². The molecule has 1 aliphatic carbocycles. The van der Waals surface area contributed by atoms with E-state index >= 15 is 0 Å². The molecule has 4 nitrogen and oxygen atoms in total. The van der Waals surface area contributed by atoms with Crippen molar-refractivity contribution < 1.29 is 19.1 Å². The van der Waals surface area contributed by atoms with Gasteiger partial charge in [-0.2, -0.15) is 0 Å². The number of esters is 2. The van der Waals surface area contributed by atoms with Crippen molar-refractivity contribution >= 4 is 11.9 Å². The van der Waals surface area contributed by atoms with E-state index in [0.717, 1.165) is 25.7 Å². The summed E-state index contributed by atoms with van der Waals surface area (Å²) in [6, 6.07) is 8.56. The van der Waals surface area contributed by atoms with Crippen molar-refractivity contribution in [2.75, 3.05) is 6.61 Å². The summed E-state index contributed by atoms with van der Waals surface area (Å²) in [5.41, 5.74) is 2.83. The molecule has 4 heteroatoms. The minimum Gasteiger partial charge on any atom is -0.462 e. The molecule has 3 atom stereocenters. The zero-order valence-electron chi connectivity index (χ0n) is 22.0. The van der Waals surface area contributed by atoms with Crippen LogP contribution >= 0.6 is 0 Å². The van der Waals surface area contributed by atoms with E-state index < -0.39 is 11.9 Å². The first-order chi connectivity index (χ1) is 15.3. The molecule has 0 aliphatic heterocycles. The molecule has 1 fully saturated rings. The van der Waals surface area contributed by atoms with E-state index in [1.807, 2.05) is 13.8 Å². The minimum atomic E-state index is -0.603. The Morgan fingerprint density at radius 1 is 1.12 bits per heavy atom. The summed E-state index contributed by atoms with van der Waals surface area (Å²) in [7, 11) is 0. The third-order valence-corrected chi connectivity index (χ3v) is 6.74. The number of ether oxygens (including phenoxy) is 2. The molecule has 3 unspecified atom stereocenters. The van der Waals surface area contributed by atoms with Crippen LogP contribution in [0.2, 0.25) is 0 Å². The van der Waals surface area contributed by atoms with Crippen LogP contribution in [0.5, 0.6) is 0 Å². The van der Waals surface area contributed by atoms with Gasteiger partial charge in [0.15, 0.2) is 0 Å². The van der Waals surface area contributed by atoms with Crippen molar-refractivity contribution in [1.29, 1.82) is 0 Å². The van der Waals surface area contributed by atoms with Crippen molar-refractivity contribution in [3.63, 3.8) is 0 Å². The highest BCUT2D eigenvalue weighted by atomic mass is 16.6. The Morgan fingerprint density at radius 2 is 1.76 bits per heavy atom. The summed E-state index contributed by atoms with van der Waals surface area (Å²) in [5, 5.41) is 0. The quantitative estimate of drug-likeness (QED) is 0.187. The molecule has 0 N–H and O–H groups in total. The highest BCUT2D eigenvalue weighted by Gasteiger charge is 2.34. The normalized spacial score (nSPS) is 20.6. The number of benzene rings is 1. The van der Waals surface area contributed by atoms with Gasteiger partial charge in [0, 0.05) is 0 Å². The molecule has 0 radical (unpaired) electrons. The largest absolute Gasteiger partial charge is 0.462 e. The van der Waals surface area contributed by atoms with Crippen LogP contribution < -0.4 is 0 Å². The number of carbonyl (C=O) groups excluding carboxylic acids is 2. The van der Waals surface area contributed by atoms with Gasteiger partial charge in [0.2, 0.25) is 0 Å². The van der Waals surface area contributed by atoms with E-state index in [1.165, 1.54) is 17.5 Å². The van der Waals surface area contributed by atoms with Gasteiger partial charge in [-0.15, -0.1) is 0 Å². The predicted molar refractivity (Wildman–Crippen MR) is 134 cm³/mol. The fraction of sp³-hybridized carbons (Fsp3) is 0.655. The van der Waals surface area contributed by atoms with Gasteiger partial charge in [0.1, 0.15) is 11.7 Å². The number of hydrogen-bond donors (Lipinski definition) is 0. The lowest BCUT2D eigenvalue weighted by molar-refractivity contribution is -0.152. The van der Waals surface area contributed by atoms with E-state index in [2.05, 4.69) is 58.9 Å². The van der Waals surface area contributed by atoms with E-state index in [0.29, 0.717) is 5.92 Å². The van der Waals surface area contributed by atoms with Gasteiger partial charge in [0.25, 0.3) is 0 Å².